The van der Waals surface area contributed by atoms with Gasteiger partial charge in [0.2, 0.25) is 10.0 Å². The average Bonchev–Trinajstić information content (AvgIpc) is 2.37. The Bertz CT molecular complexity index is 585. The van der Waals surface area contributed by atoms with Crippen molar-refractivity contribution in [1.82, 2.24) is 4.72 Å². The first-order chi connectivity index (χ1) is 9.54. The van der Waals surface area contributed by atoms with Crippen molar-refractivity contribution in [2.75, 3.05) is 6.54 Å². The van der Waals surface area contributed by atoms with Gasteiger partial charge >= 0.3 is 5.97 Å². The molecule has 1 aromatic carbocycles. The van der Waals surface area contributed by atoms with Crippen molar-refractivity contribution in [1.29, 1.82) is 0 Å². The highest BCUT2D eigenvalue weighted by molar-refractivity contribution is 7.89. The zero-order valence-corrected chi connectivity index (χ0v) is 13.7. The fourth-order valence-electron chi connectivity index (χ4n) is 1.75. The standard InChI is InChI=1S/C15H23NO4S/c1-11(14(17)18)9-10-16-21(19,20)13-7-5-12(6-8-13)15(2,3)4/h5-8,11,16H,9-10H2,1-4H3,(H,17,18). The number of carboxylic acids is 1. The molecular formula is C15H23NO4S. The van der Waals surface area contributed by atoms with Gasteiger partial charge in [0.1, 0.15) is 0 Å². The van der Waals surface area contributed by atoms with E-state index in [2.05, 4.69) is 25.5 Å². The Balaban J connectivity index is 2.73. The van der Waals surface area contributed by atoms with Crippen LogP contribution in [0.25, 0.3) is 0 Å². The van der Waals surface area contributed by atoms with E-state index in [1.165, 1.54) is 0 Å². The first kappa shape index (κ1) is 17.7. The van der Waals surface area contributed by atoms with Crippen LogP contribution in [-0.4, -0.2) is 26.0 Å². The molecule has 0 fully saturated rings. The lowest BCUT2D eigenvalue weighted by Gasteiger charge is -2.19. The molecule has 0 aliphatic carbocycles. The van der Waals surface area contributed by atoms with Crippen LogP contribution in [0.5, 0.6) is 0 Å². The number of sulfonamides is 1. The highest BCUT2D eigenvalue weighted by atomic mass is 32.2. The molecule has 0 amide bonds. The molecule has 0 saturated carbocycles. The van der Waals surface area contributed by atoms with E-state index in [1.54, 1.807) is 31.2 Å². The monoisotopic (exact) mass is 313 g/mol. The Hall–Kier alpha value is -1.40. The van der Waals surface area contributed by atoms with E-state index in [0.717, 1.165) is 5.56 Å². The second-order valence-electron chi connectivity index (χ2n) is 6.20. The predicted molar refractivity (Wildman–Crippen MR) is 81.7 cm³/mol. The summed E-state index contributed by atoms with van der Waals surface area (Å²) in [5.74, 6) is -1.50. The van der Waals surface area contributed by atoms with Crippen molar-refractivity contribution < 1.29 is 18.3 Å². The molecule has 1 atom stereocenters. The summed E-state index contributed by atoms with van der Waals surface area (Å²) >= 11 is 0. The van der Waals surface area contributed by atoms with E-state index < -0.39 is 21.9 Å². The number of hydrogen-bond acceptors (Lipinski definition) is 3. The summed E-state index contributed by atoms with van der Waals surface area (Å²) in [5.41, 5.74) is 1.02. The second kappa shape index (κ2) is 6.58. The highest BCUT2D eigenvalue weighted by Gasteiger charge is 2.18. The van der Waals surface area contributed by atoms with Gasteiger partial charge in [0.15, 0.2) is 0 Å². The van der Waals surface area contributed by atoms with Crippen LogP contribution in [0.2, 0.25) is 0 Å². The maximum atomic E-state index is 12.1. The zero-order valence-electron chi connectivity index (χ0n) is 12.9. The van der Waals surface area contributed by atoms with Crippen LogP contribution in [0.3, 0.4) is 0 Å². The van der Waals surface area contributed by atoms with Gasteiger partial charge < -0.3 is 5.11 Å². The molecule has 0 aliphatic heterocycles. The summed E-state index contributed by atoms with van der Waals surface area (Å²) < 4.78 is 26.6. The Morgan fingerprint density at radius 3 is 2.19 bits per heavy atom. The molecule has 5 nitrogen and oxygen atoms in total. The van der Waals surface area contributed by atoms with E-state index in [4.69, 9.17) is 5.11 Å². The lowest BCUT2D eigenvalue weighted by atomic mass is 9.87. The smallest absolute Gasteiger partial charge is 0.306 e. The molecular weight excluding hydrogens is 290 g/mol. The highest BCUT2D eigenvalue weighted by Crippen LogP contribution is 2.23. The van der Waals surface area contributed by atoms with E-state index >= 15 is 0 Å². The van der Waals surface area contributed by atoms with Gasteiger partial charge in [0, 0.05) is 6.54 Å². The van der Waals surface area contributed by atoms with Gasteiger partial charge in [-0.05, 0) is 29.5 Å². The Morgan fingerprint density at radius 1 is 1.24 bits per heavy atom. The van der Waals surface area contributed by atoms with Crippen molar-refractivity contribution in [2.24, 2.45) is 5.92 Å². The minimum Gasteiger partial charge on any atom is -0.481 e. The summed E-state index contributed by atoms with van der Waals surface area (Å²) in [7, 11) is -3.59. The van der Waals surface area contributed by atoms with Gasteiger partial charge in [-0.25, -0.2) is 13.1 Å². The molecule has 1 aromatic rings. The van der Waals surface area contributed by atoms with Gasteiger partial charge in [0.25, 0.3) is 0 Å². The van der Waals surface area contributed by atoms with E-state index in [9.17, 15) is 13.2 Å². The molecule has 0 radical (unpaired) electrons. The second-order valence-corrected chi connectivity index (χ2v) is 7.97. The van der Waals surface area contributed by atoms with Crippen LogP contribution in [0, 0.1) is 5.92 Å². The number of benzene rings is 1. The predicted octanol–water partition coefficient (Wildman–Crippen LogP) is 2.37. The topological polar surface area (TPSA) is 83.5 Å². The first-order valence-electron chi connectivity index (χ1n) is 6.87. The lowest BCUT2D eigenvalue weighted by molar-refractivity contribution is -0.141. The Morgan fingerprint density at radius 2 is 1.76 bits per heavy atom. The zero-order chi connectivity index (χ0) is 16.3. The quantitative estimate of drug-likeness (QED) is 0.844. The summed E-state index contributed by atoms with van der Waals surface area (Å²) in [6.45, 7) is 7.83. The fraction of sp³-hybridized carbons (Fsp3) is 0.533. The molecule has 1 rings (SSSR count). The summed E-state index contributed by atoms with van der Waals surface area (Å²) in [4.78, 5) is 10.9. The van der Waals surface area contributed by atoms with Crippen molar-refractivity contribution in [2.45, 2.75) is 44.4 Å². The van der Waals surface area contributed by atoms with Crippen LogP contribution >= 0.6 is 0 Å². The molecule has 2 N–H and O–H groups in total. The van der Waals surface area contributed by atoms with Gasteiger partial charge in [-0.1, -0.05) is 39.8 Å². The van der Waals surface area contributed by atoms with Gasteiger partial charge in [0.05, 0.1) is 10.8 Å². The molecule has 6 heteroatoms. The molecule has 1 unspecified atom stereocenters. The molecule has 0 aromatic heterocycles. The lowest BCUT2D eigenvalue weighted by Crippen LogP contribution is -2.27. The number of carbonyl (C=O) groups is 1. The molecule has 0 spiro atoms. The van der Waals surface area contributed by atoms with Crippen molar-refractivity contribution in [3.8, 4) is 0 Å². The molecule has 0 heterocycles. The van der Waals surface area contributed by atoms with Crippen LogP contribution in [-0.2, 0) is 20.2 Å². The maximum Gasteiger partial charge on any atom is 0.306 e. The Labute approximate surface area is 126 Å². The number of aliphatic carboxylic acids is 1. The largest absolute Gasteiger partial charge is 0.481 e. The summed E-state index contributed by atoms with van der Waals surface area (Å²) in [6.07, 6.45) is 0.259. The molecule has 0 saturated heterocycles. The van der Waals surface area contributed by atoms with Crippen molar-refractivity contribution in [3.63, 3.8) is 0 Å². The van der Waals surface area contributed by atoms with Crippen LogP contribution in [0.15, 0.2) is 29.2 Å². The maximum absolute atomic E-state index is 12.1. The van der Waals surface area contributed by atoms with Gasteiger partial charge in [-0.3, -0.25) is 4.79 Å². The number of rotatable bonds is 6. The molecule has 118 valence electrons. The van der Waals surface area contributed by atoms with Crippen molar-refractivity contribution >= 4 is 16.0 Å². The summed E-state index contributed by atoms with van der Waals surface area (Å²) in [5, 5.41) is 8.76. The minimum absolute atomic E-state index is 0.0351. The number of hydrogen-bond donors (Lipinski definition) is 2. The third-order valence-corrected chi connectivity index (χ3v) is 4.80. The van der Waals surface area contributed by atoms with E-state index in [-0.39, 0.29) is 23.3 Å². The van der Waals surface area contributed by atoms with Crippen LogP contribution in [0.1, 0.15) is 39.7 Å². The Kier molecular flexibility index (Phi) is 5.53. The average molecular weight is 313 g/mol. The van der Waals surface area contributed by atoms with Crippen LogP contribution < -0.4 is 4.72 Å². The molecule has 21 heavy (non-hydrogen) atoms. The first-order valence-corrected chi connectivity index (χ1v) is 8.35. The third-order valence-electron chi connectivity index (χ3n) is 3.32. The number of nitrogens with one attached hydrogen (secondary N) is 1. The third kappa shape index (κ3) is 5.13. The van der Waals surface area contributed by atoms with Crippen LogP contribution in [0.4, 0.5) is 0 Å². The minimum atomic E-state index is -3.59. The summed E-state index contributed by atoms with van der Waals surface area (Å²) in [6, 6.07) is 6.75. The SMILES string of the molecule is CC(CCNS(=O)(=O)c1ccc(C(C)(C)C)cc1)C(=O)O. The van der Waals surface area contributed by atoms with E-state index in [0.29, 0.717) is 0 Å². The number of carboxylic acid groups (broad SMARTS) is 1. The fourth-order valence-corrected chi connectivity index (χ4v) is 2.80. The molecule has 0 bridgehead atoms. The van der Waals surface area contributed by atoms with E-state index in [1.807, 2.05) is 0 Å². The molecule has 0 aliphatic rings. The van der Waals surface area contributed by atoms with Gasteiger partial charge in [-0.15, -0.1) is 0 Å². The normalized spacial score (nSPS) is 13.9. The van der Waals surface area contributed by atoms with Crippen molar-refractivity contribution in [3.05, 3.63) is 29.8 Å². The van der Waals surface area contributed by atoms with Gasteiger partial charge in [-0.2, -0.15) is 0 Å².